The number of ether oxygens (including phenoxy) is 1. The third-order valence-corrected chi connectivity index (χ3v) is 6.51. The number of nitrogens with zero attached hydrogens (tertiary/aromatic N) is 2. The number of nitrogens with one attached hydrogen (secondary N) is 2. The highest BCUT2D eigenvalue weighted by Crippen LogP contribution is 2.29. The van der Waals surface area contributed by atoms with Crippen LogP contribution in [0.3, 0.4) is 0 Å². The first-order valence-electron chi connectivity index (χ1n) is 9.72. The zero-order valence-electron chi connectivity index (χ0n) is 17.3. The number of benzene rings is 2. The molecule has 2 aromatic rings. The molecule has 7 nitrogen and oxygen atoms in total. The smallest absolute Gasteiger partial charge is 0.236 e. The molecule has 0 saturated heterocycles. The van der Waals surface area contributed by atoms with Crippen LogP contribution in [0.1, 0.15) is 11.1 Å². The third kappa shape index (κ3) is 6.49. The largest absolute Gasteiger partial charge is 0.492 e. The Balaban J connectivity index is 0.00000320. The summed E-state index contributed by atoms with van der Waals surface area (Å²) in [5.41, 5.74) is 3.06. The van der Waals surface area contributed by atoms with Gasteiger partial charge in [0.2, 0.25) is 10.0 Å². The highest BCUT2D eigenvalue weighted by atomic mass is 127. The molecule has 0 fully saturated rings. The van der Waals surface area contributed by atoms with Gasteiger partial charge in [-0.05, 0) is 37.1 Å². The number of sulfonamides is 1. The molecule has 1 aliphatic heterocycles. The van der Waals surface area contributed by atoms with E-state index in [1.54, 1.807) is 7.05 Å². The van der Waals surface area contributed by atoms with E-state index in [1.165, 1.54) is 9.87 Å². The minimum atomic E-state index is -3.38. The van der Waals surface area contributed by atoms with Crippen LogP contribution in [0.4, 0.5) is 5.69 Å². The van der Waals surface area contributed by atoms with E-state index in [0.717, 1.165) is 23.4 Å². The van der Waals surface area contributed by atoms with Crippen molar-refractivity contribution in [2.75, 3.05) is 43.3 Å². The van der Waals surface area contributed by atoms with E-state index in [-0.39, 0.29) is 36.3 Å². The second-order valence-electron chi connectivity index (χ2n) is 6.85. The standard InChI is InChI=1S/C21H28N4O3S.HI/c1-17-7-9-19(10-8-17)28-15-12-23-21(22-2)24-13-16-29(26,27)25-14-11-18-5-3-4-6-20(18)25;/h3-10H,11-16H2,1-2H3,(H2,22,23,24);1H. The van der Waals surface area contributed by atoms with Crippen LogP contribution in [0.25, 0.3) is 0 Å². The summed E-state index contributed by atoms with van der Waals surface area (Å²) in [7, 11) is -1.72. The van der Waals surface area contributed by atoms with E-state index in [9.17, 15) is 8.42 Å². The molecule has 0 unspecified atom stereocenters. The Morgan fingerprint density at radius 3 is 2.53 bits per heavy atom. The van der Waals surface area contributed by atoms with Gasteiger partial charge in [0.15, 0.2) is 5.96 Å². The minimum absolute atomic E-state index is 0. The molecule has 0 bridgehead atoms. The van der Waals surface area contributed by atoms with Crippen molar-refractivity contribution in [1.82, 2.24) is 10.6 Å². The lowest BCUT2D eigenvalue weighted by molar-refractivity contribution is 0.322. The molecule has 0 spiro atoms. The Bertz CT molecular complexity index is 949. The van der Waals surface area contributed by atoms with E-state index in [4.69, 9.17) is 4.74 Å². The molecule has 0 atom stereocenters. The minimum Gasteiger partial charge on any atom is -0.492 e. The average Bonchev–Trinajstić information content (AvgIpc) is 3.16. The molecule has 0 radical (unpaired) electrons. The van der Waals surface area contributed by atoms with Crippen molar-refractivity contribution < 1.29 is 13.2 Å². The normalized spacial score (nSPS) is 13.4. The van der Waals surface area contributed by atoms with Crippen LogP contribution in [-0.4, -0.2) is 53.4 Å². The molecule has 0 aromatic heterocycles. The van der Waals surface area contributed by atoms with Gasteiger partial charge in [0.05, 0.1) is 18.0 Å². The maximum atomic E-state index is 12.7. The van der Waals surface area contributed by atoms with Crippen LogP contribution in [0, 0.1) is 6.92 Å². The van der Waals surface area contributed by atoms with Gasteiger partial charge >= 0.3 is 0 Å². The van der Waals surface area contributed by atoms with Gasteiger partial charge in [-0.25, -0.2) is 8.42 Å². The van der Waals surface area contributed by atoms with Crippen molar-refractivity contribution in [2.24, 2.45) is 4.99 Å². The summed E-state index contributed by atoms with van der Waals surface area (Å²) in [6.45, 7) is 3.85. The lowest BCUT2D eigenvalue weighted by Crippen LogP contribution is -2.43. The first kappa shape index (κ1) is 24.3. The zero-order chi connectivity index (χ0) is 20.7. The maximum absolute atomic E-state index is 12.7. The van der Waals surface area contributed by atoms with Crippen LogP contribution < -0.4 is 19.7 Å². The van der Waals surface area contributed by atoms with Crippen molar-refractivity contribution >= 4 is 45.6 Å². The number of para-hydroxylation sites is 1. The quantitative estimate of drug-likeness (QED) is 0.231. The van der Waals surface area contributed by atoms with Gasteiger partial charge < -0.3 is 15.4 Å². The second kappa shape index (κ2) is 11.4. The molecule has 9 heteroatoms. The number of anilines is 1. The summed E-state index contributed by atoms with van der Waals surface area (Å²) in [4.78, 5) is 4.13. The van der Waals surface area contributed by atoms with E-state index in [1.807, 2.05) is 55.5 Å². The predicted octanol–water partition coefficient (Wildman–Crippen LogP) is 2.55. The third-order valence-electron chi connectivity index (χ3n) is 4.74. The summed E-state index contributed by atoms with van der Waals surface area (Å²) in [5, 5.41) is 6.18. The summed E-state index contributed by atoms with van der Waals surface area (Å²) in [5.74, 6) is 1.37. The predicted molar refractivity (Wildman–Crippen MR) is 133 cm³/mol. The van der Waals surface area contributed by atoms with Gasteiger partial charge in [-0.15, -0.1) is 24.0 Å². The number of aryl methyl sites for hydroxylation is 1. The Hall–Kier alpha value is -2.01. The van der Waals surface area contributed by atoms with E-state index < -0.39 is 10.0 Å². The fourth-order valence-corrected chi connectivity index (χ4v) is 4.63. The SMILES string of the molecule is CN=C(NCCOc1ccc(C)cc1)NCCS(=O)(=O)N1CCc2ccccc21.I. The molecule has 164 valence electrons. The first-order valence-corrected chi connectivity index (χ1v) is 11.3. The molecule has 30 heavy (non-hydrogen) atoms. The van der Waals surface area contributed by atoms with E-state index in [2.05, 4.69) is 15.6 Å². The molecule has 2 aromatic carbocycles. The van der Waals surface area contributed by atoms with E-state index in [0.29, 0.717) is 25.7 Å². The fraction of sp³-hybridized carbons (Fsp3) is 0.381. The number of fused-ring (bicyclic) bond motifs is 1. The van der Waals surface area contributed by atoms with Crippen LogP contribution in [-0.2, 0) is 16.4 Å². The van der Waals surface area contributed by atoms with Gasteiger partial charge in [0, 0.05) is 20.1 Å². The number of halogens is 1. The number of guanidine groups is 1. The molecule has 1 aliphatic rings. The highest BCUT2D eigenvalue weighted by Gasteiger charge is 2.28. The van der Waals surface area contributed by atoms with Gasteiger partial charge in [0.25, 0.3) is 0 Å². The van der Waals surface area contributed by atoms with Crippen molar-refractivity contribution in [2.45, 2.75) is 13.3 Å². The maximum Gasteiger partial charge on any atom is 0.236 e. The summed E-state index contributed by atoms with van der Waals surface area (Å²) < 4.78 is 32.6. The zero-order valence-corrected chi connectivity index (χ0v) is 20.4. The fourth-order valence-electron chi connectivity index (χ4n) is 3.20. The van der Waals surface area contributed by atoms with Crippen LogP contribution >= 0.6 is 24.0 Å². The Morgan fingerprint density at radius 2 is 1.80 bits per heavy atom. The van der Waals surface area contributed by atoms with Crippen molar-refractivity contribution in [1.29, 1.82) is 0 Å². The van der Waals surface area contributed by atoms with Gasteiger partial charge in [-0.3, -0.25) is 9.30 Å². The molecule has 0 saturated carbocycles. The van der Waals surface area contributed by atoms with Crippen LogP contribution in [0.2, 0.25) is 0 Å². The Kier molecular flexibility index (Phi) is 9.22. The summed E-state index contributed by atoms with van der Waals surface area (Å²) in [6, 6.07) is 15.5. The Labute approximate surface area is 196 Å². The average molecular weight is 544 g/mol. The van der Waals surface area contributed by atoms with Crippen molar-refractivity contribution in [3.63, 3.8) is 0 Å². The second-order valence-corrected chi connectivity index (χ2v) is 8.87. The van der Waals surface area contributed by atoms with E-state index >= 15 is 0 Å². The number of rotatable bonds is 8. The highest BCUT2D eigenvalue weighted by molar-refractivity contribution is 14.0. The van der Waals surface area contributed by atoms with Crippen LogP contribution in [0.5, 0.6) is 5.75 Å². The summed E-state index contributed by atoms with van der Waals surface area (Å²) >= 11 is 0. The first-order chi connectivity index (χ1) is 14.0. The van der Waals surface area contributed by atoms with Crippen LogP contribution in [0.15, 0.2) is 53.5 Å². The number of hydrogen-bond acceptors (Lipinski definition) is 4. The number of hydrogen-bond donors (Lipinski definition) is 2. The number of aliphatic imine (C=N–C) groups is 1. The lowest BCUT2D eigenvalue weighted by atomic mass is 10.2. The molecular formula is C21H29IN4O3S. The van der Waals surface area contributed by atoms with Gasteiger partial charge in [-0.2, -0.15) is 0 Å². The lowest BCUT2D eigenvalue weighted by Gasteiger charge is -2.20. The molecule has 3 rings (SSSR count). The van der Waals surface area contributed by atoms with Gasteiger partial charge in [-0.1, -0.05) is 35.9 Å². The molecule has 2 N–H and O–H groups in total. The molecule has 0 aliphatic carbocycles. The topological polar surface area (TPSA) is 83.0 Å². The van der Waals surface area contributed by atoms with Crippen molar-refractivity contribution in [3.05, 3.63) is 59.7 Å². The van der Waals surface area contributed by atoms with Crippen molar-refractivity contribution in [3.8, 4) is 5.75 Å². The molecule has 0 amide bonds. The molecule has 1 heterocycles. The summed E-state index contributed by atoms with van der Waals surface area (Å²) in [6.07, 6.45) is 0.757. The monoisotopic (exact) mass is 544 g/mol. The Morgan fingerprint density at radius 1 is 1.10 bits per heavy atom. The van der Waals surface area contributed by atoms with Gasteiger partial charge in [0.1, 0.15) is 12.4 Å². The molecular weight excluding hydrogens is 515 g/mol.